The molecule has 1 unspecified atom stereocenters. The van der Waals surface area contributed by atoms with Gasteiger partial charge in [0, 0.05) is 5.57 Å². The summed E-state index contributed by atoms with van der Waals surface area (Å²) in [5.41, 5.74) is 4.97. The van der Waals surface area contributed by atoms with Crippen LogP contribution in [0.3, 0.4) is 0 Å². The van der Waals surface area contributed by atoms with E-state index in [9.17, 15) is 4.39 Å². The molecule has 0 fully saturated rings. The van der Waals surface area contributed by atoms with Gasteiger partial charge in [0.1, 0.15) is 6.17 Å². The highest BCUT2D eigenvalue weighted by atomic mass is 19.1. The number of hydrogen-bond acceptors (Lipinski definition) is 0. The van der Waals surface area contributed by atoms with Crippen LogP contribution >= 0.6 is 0 Å². The Bertz CT molecular complexity index is 680. The number of halogens is 1. The lowest BCUT2D eigenvalue weighted by atomic mass is 9.84. The molecule has 22 heavy (non-hydrogen) atoms. The standard InChI is InChI=1S/C21H19F/c1-2-16-14-9-15-19(22)21(16)20(17-10-5-3-6-11-17)18-12-7-4-8-13-18/h3-15,19H,2H2,1H3. The van der Waals surface area contributed by atoms with E-state index in [-0.39, 0.29) is 0 Å². The van der Waals surface area contributed by atoms with Gasteiger partial charge in [0.25, 0.3) is 0 Å². The van der Waals surface area contributed by atoms with E-state index in [0.29, 0.717) is 0 Å². The summed E-state index contributed by atoms with van der Waals surface area (Å²) < 4.78 is 14.7. The third-order valence-corrected chi connectivity index (χ3v) is 3.97. The molecular weight excluding hydrogens is 271 g/mol. The van der Waals surface area contributed by atoms with Crippen molar-refractivity contribution < 1.29 is 4.39 Å². The average Bonchev–Trinajstić information content (AvgIpc) is 2.58. The average molecular weight is 290 g/mol. The zero-order valence-corrected chi connectivity index (χ0v) is 12.7. The van der Waals surface area contributed by atoms with Gasteiger partial charge < -0.3 is 0 Å². The summed E-state index contributed by atoms with van der Waals surface area (Å²) in [6, 6.07) is 20.2. The van der Waals surface area contributed by atoms with Gasteiger partial charge in [-0.25, -0.2) is 4.39 Å². The normalized spacial score (nSPS) is 17.3. The van der Waals surface area contributed by atoms with Crippen molar-refractivity contribution in [3.63, 3.8) is 0 Å². The van der Waals surface area contributed by atoms with Crippen molar-refractivity contribution in [2.75, 3.05) is 0 Å². The van der Waals surface area contributed by atoms with Gasteiger partial charge in [-0.2, -0.15) is 0 Å². The minimum atomic E-state index is -1.06. The molecule has 1 aliphatic rings. The van der Waals surface area contributed by atoms with E-state index in [2.05, 4.69) is 6.92 Å². The van der Waals surface area contributed by atoms with Crippen LogP contribution in [0.15, 0.2) is 90.0 Å². The summed E-state index contributed by atoms with van der Waals surface area (Å²) in [5, 5.41) is 0. The second-order valence-electron chi connectivity index (χ2n) is 5.35. The summed E-state index contributed by atoms with van der Waals surface area (Å²) in [4.78, 5) is 0. The SMILES string of the molecule is CCC1=CC=CC(F)C1=C(c1ccccc1)c1ccccc1. The van der Waals surface area contributed by atoms with Crippen molar-refractivity contribution in [3.8, 4) is 0 Å². The molecule has 0 aromatic heterocycles. The molecule has 1 heteroatoms. The summed E-state index contributed by atoms with van der Waals surface area (Å²) in [5.74, 6) is 0. The van der Waals surface area contributed by atoms with Crippen LogP contribution in [0.1, 0.15) is 24.5 Å². The van der Waals surface area contributed by atoms with Crippen molar-refractivity contribution in [1.82, 2.24) is 0 Å². The monoisotopic (exact) mass is 290 g/mol. The third-order valence-electron chi connectivity index (χ3n) is 3.97. The van der Waals surface area contributed by atoms with Crippen LogP contribution in [0.25, 0.3) is 5.57 Å². The van der Waals surface area contributed by atoms with Gasteiger partial charge in [-0.1, -0.05) is 79.7 Å². The van der Waals surface area contributed by atoms with Crippen LogP contribution in [-0.4, -0.2) is 6.17 Å². The van der Waals surface area contributed by atoms with Crippen molar-refractivity contribution in [1.29, 1.82) is 0 Å². The fourth-order valence-corrected chi connectivity index (χ4v) is 2.93. The van der Waals surface area contributed by atoms with E-state index in [0.717, 1.165) is 34.3 Å². The topological polar surface area (TPSA) is 0 Å². The highest BCUT2D eigenvalue weighted by molar-refractivity contribution is 5.85. The van der Waals surface area contributed by atoms with E-state index in [1.807, 2.05) is 72.8 Å². The maximum Gasteiger partial charge on any atom is 0.145 e. The molecule has 0 saturated heterocycles. The fraction of sp³-hybridized carbons (Fsp3) is 0.143. The number of alkyl halides is 1. The molecule has 0 amide bonds. The molecule has 3 rings (SSSR count). The second-order valence-corrected chi connectivity index (χ2v) is 5.35. The maximum absolute atomic E-state index is 14.7. The molecule has 0 radical (unpaired) electrons. The summed E-state index contributed by atoms with van der Waals surface area (Å²) >= 11 is 0. The highest BCUT2D eigenvalue weighted by Gasteiger charge is 2.22. The second kappa shape index (κ2) is 6.57. The van der Waals surface area contributed by atoms with Crippen molar-refractivity contribution in [2.45, 2.75) is 19.5 Å². The molecule has 1 aliphatic carbocycles. The highest BCUT2D eigenvalue weighted by Crippen LogP contribution is 2.36. The van der Waals surface area contributed by atoms with Gasteiger partial charge >= 0.3 is 0 Å². The first-order chi connectivity index (χ1) is 10.8. The lowest BCUT2D eigenvalue weighted by Crippen LogP contribution is -2.10. The molecule has 0 N–H and O–H groups in total. The Kier molecular flexibility index (Phi) is 4.34. The molecule has 0 heterocycles. The summed E-state index contributed by atoms with van der Waals surface area (Å²) in [7, 11) is 0. The lowest BCUT2D eigenvalue weighted by molar-refractivity contribution is 0.450. The van der Waals surface area contributed by atoms with Crippen LogP contribution in [-0.2, 0) is 0 Å². The number of hydrogen-bond donors (Lipinski definition) is 0. The van der Waals surface area contributed by atoms with Crippen LogP contribution in [0, 0.1) is 0 Å². The van der Waals surface area contributed by atoms with Gasteiger partial charge in [0.05, 0.1) is 0 Å². The van der Waals surface area contributed by atoms with Gasteiger partial charge in [0.2, 0.25) is 0 Å². The summed E-state index contributed by atoms with van der Waals surface area (Å²) in [6.07, 6.45) is 5.23. The zero-order valence-electron chi connectivity index (χ0n) is 12.7. The quantitative estimate of drug-likeness (QED) is 0.677. The first kappa shape index (κ1) is 14.5. The smallest absolute Gasteiger partial charge is 0.145 e. The number of benzene rings is 2. The molecule has 0 nitrogen and oxygen atoms in total. The Labute approximate surface area is 131 Å². The maximum atomic E-state index is 14.7. The molecule has 0 spiro atoms. The van der Waals surface area contributed by atoms with Crippen LogP contribution in [0.5, 0.6) is 0 Å². The first-order valence-corrected chi connectivity index (χ1v) is 7.68. The first-order valence-electron chi connectivity index (χ1n) is 7.68. The van der Waals surface area contributed by atoms with E-state index < -0.39 is 6.17 Å². The number of rotatable bonds is 3. The predicted molar refractivity (Wildman–Crippen MR) is 91.3 cm³/mol. The molecule has 0 aliphatic heterocycles. The zero-order chi connectivity index (χ0) is 15.4. The van der Waals surface area contributed by atoms with E-state index in [1.165, 1.54) is 0 Å². The van der Waals surface area contributed by atoms with Crippen LogP contribution in [0.2, 0.25) is 0 Å². The fourth-order valence-electron chi connectivity index (χ4n) is 2.93. The van der Waals surface area contributed by atoms with E-state index >= 15 is 0 Å². The molecule has 0 bridgehead atoms. The Morgan fingerprint density at radius 2 is 1.45 bits per heavy atom. The van der Waals surface area contributed by atoms with Crippen LogP contribution in [0.4, 0.5) is 4.39 Å². The van der Waals surface area contributed by atoms with Crippen LogP contribution < -0.4 is 0 Å². The van der Waals surface area contributed by atoms with Gasteiger partial charge in [-0.15, -0.1) is 0 Å². The largest absolute Gasteiger partial charge is 0.238 e. The van der Waals surface area contributed by atoms with E-state index in [4.69, 9.17) is 0 Å². The Hall–Kier alpha value is -2.41. The Morgan fingerprint density at radius 1 is 0.909 bits per heavy atom. The molecule has 2 aromatic rings. The van der Waals surface area contributed by atoms with Crippen molar-refractivity contribution in [2.24, 2.45) is 0 Å². The molecule has 2 aromatic carbocycles. The van der Waals surface area contributed by atoms with Gasteiger partial charge in [-0.05, 0) is 34.8 Å². The minimum absolute atomic E-state index is 0.794. The van der Waals surface area contributed by atoms with Crippen molar-refractivity contribution >= 4 is 5.57 Å². The molecule has 0 saturated carbocycles. The minimum Gasteiger partial charge on any atom is -0.238 e. The van der Waals surface area contributed by atoms with Crippen molar-refractivity contribution in [3.05, 3.63) is 101 Å². The molecule has 110 valence electrons. The Balaban J connectivity index is 2.28. The third kappa shape index (κ3) is 2.80. The molecule has 1 atom stereocenters. The van der Waals surface area contributed by atoms with E-state index in [1.54, 1.807) is 6.08 Å². The number of allylic oxidation sites excluding steroid dienone is 5. The summed E-state index contributed by atoms with van der Waals surface area (Å²) in [6.45, 7) is 2.07. The predicted octanol–water partition coefficient (Wildman–Crippen LogP) is 5.73. The van der Waals surface area contributed by atoms with Gasteiger partial charge in [-0.3, -0.25) is 0 Å². The molecular formula is C21H19F. The lowest BCUT2D eigenvalue weighted by Gasteiger charge is -2.22. The Morgan fingerprint density at radius 3 is 1.95 bits per heavy atom. The van der Waals surface area contributed by atoms with Gasteiger partial charge in [0.15, 0.2) is 0 Å².